The molecule has 0 saturated carbocycles. The van der Waals surface area contributed by atoms with Crippen LogP contribution in [0.25, 0.3) is 10.8 Å². The molecule has 1 heterocycles. The fourth-order valence-electron chi connectivity index (χ4n) is 2.89. The minimum Gasteiger partial charge on any atom is -0.314 e. The first kappa shape index (κ1) is 12.5. The Kier molecular flexibility index (Phi) is 3.23. The number of fused-ring (bicyclic) bond motifs is 1. The number of alkyl halides is 2. The summed E-state index contributed by atoms with van der Waals surface area (Å²) in [5, 5.41) is 4.68. The Morgan fingerprint density at radius 1 is 1.11 bits per heavy atom. The molecule has 0 spiro atoms. The van der Waals surface area contributed by atoms with E-state index in [0.29, 0.717) is 5.39 Å². The Balaban J connectivity index is 1.97. The molecule has 0 radical (unpaired) electrons. The van der Waals surface area contributed by atoms with Crippen molar-refractivity contribution in [2.75, 3.05) is 6.54 Å². The van der Waals surface area contributed by atoms with Gasteiger partial charge in [-0.1, -0.05) is 42.5 Å². The van der Waals surface area contributed by atoms with E-state index in [4.69, 9.17) is 0 Å². The van der Waals surface area contributed by atoms with Gasteiger partial charge in [-0.2, -0.15) is 0 Å². The van der Waals surface area contributed by atoms with Gasteiger partial charge in [0.25, 0.3) is 5.92 Å². The van der Waals surface area contributed by atoms with Crippen molar-refractivity contribution in [1.29, 1.82) is 0 Å². The molecule has 1 unspecified atom stereocenters. The van der Waals surface area contributed by atoms with Crippen LogP contribution in [-0.4, -0.2) is 12.6 Å². The predicted molar refractivity (Wildman–Crippen MR) is 73.5 cm³/mol. The van der Waals surface area contributed by atoms with Crippen LogP contribution in [0.2, 0.25) is 0 Å². The van der Waals surface area contributed by atoms with Crippen molar-refractivity contribution in [3.8, 4) is 0 Å². The number of halogens is 2. The Hall–Kier alpha value is -1.48. The second-order valence-corrected chi connectivity index (χ2v) is 5.23. The van der Waals surface area contributed by atoms with Crippen molar-refractivity contribution >= 4 is 10.8 Å². The van der Waals surface area contributed by atoms with Gasteiger partial charge in [0.15, 0.2) is 0 Å². The molecule has 0 amide bonds. The van der Waals surface area contributed by atoms with E-state index in [1.807, 2.05) is 24.3 Å². The third-order valence-corrected chi connectivity index (χ3v) is 3.85. The summed E-state index contributed by atoms with van der Waals surface area (Å²) in [4.78, 5) is 0. The highest BCUT2D eigenvalue weighted by atomic mass is 19.3. The third kappa shape index (κ3) is 2.47. The van der Waals surface area contributed by atoms with Gasteiger partial charge in [-0.25, -0.2) is 8.78 Å². The highest BCUT2D eigenvalue weighted by Crippen LogP contribution is 2.38. The SMILES string of the molecule is FC(F)(CC1CCCN1)c1cccc2ccccc12. The highest BCUT2D eigenvalue weighted by molar-refractivity contribution is 5.86. The molecule has 1 N–H and O–H groups in total. The van der Waals surface area contributed by atoms with Crippen LogP contribution in [-0.2, 0) is 5.92 Å². The second kappa shape index (κ2) is 4.89. The van der Waals surface area contributed by atoms with Gasteiger partial charge >= 0.3 is 0 Å². The van der Waals surface area contributed by atoms with Crippen LogP contribution in [0, 0.1) is 0 Å². The zero-order valence-electron chi connectivity index (χ0n) is 10.7. The topological polar surface area (TPSA) is 12.0 Å². The maximum Gasteiger partial charge on any atom is 0.275 e. The summed E-state index contributed by atoms with van der Waals surface area (Å²) in [6.45, 7) is 0.857. The molecule has 0 aliphatic carbocycles. The summed E-state index contributed by atoms with van der Waals surface area (Å²) in [6, 6.07) is 12.4. The van der Waals surface area contributed by atoms with Crippen molar-refractivity contribution in [3.05, 3.63) is 48.0 Å². The summed E-state index contributed by atoms with van der Waals surface area (Å²) >= 11 is 0. The van der Waals surface area contributed by atoms with Crippen LogP contribution in [0.15, 0.2) is 42.5 Å². The maximum atomic E-state index is 14.5. The molecule has 1 saturated heterocycles. The van der Waals surface area contributed by atoms with Gasteiger partial charge in [0.2, 0.25) is 0 Å². The molecular weight excluding hydrogens is 244 g/mol. The highest BCUT2D eigenvalue weighted by Gasteiger charge is 2.36. The van der Waals surface area contributed by atoms with Crippen molar-refractivity contribution in [1.82, 2.24) is 5.32 Å². The lowest BCUT2D eigenvalue weighted by molar-refractivity contribution is -0.0198. The van der Waals surface area contributed by atoms with Gasteiger partial charge in [-0.15, -0.1) is 0 Å². The van der Waals surface area contributed by atoms with E-state index in [9.17, 15) is 8.78 Å². The molecule has 1 fully saturated rings. The molecule has 1 aliphatic heterocycles. The van der Waals surface area contributed by atoms with Crippen molar-refractivity contribution in [2.45, 2.75) is 31.2 Å². The van der Waals surface area contributed by atoms with Crippen LogP contribution in [0.1, 0.15) is 24.8 Å². The first-order valence-electron chi connectivity index (χ1n) is 6.76. The lowest BCUT2D eigenvalue weighted by Gasteiger charge is -2.22. The monoisotopic (exact) mass is 261 g/mol. The van der Waals surface area contributed by atoms with Gasteiger partial charge in [0.1, 0.15) is 0 Å². The quantitative estimate of drug-likeness (QED) is 0.878. The zero-order chi connectivity index (χ0) is 13.3. The molecule has 0 aromatic heterocycles. The predicted octanol–water partition coefficient (Wildman–Crippen LogP) is 4.07. The molecule has 0 bridgehead atoms. The molecule has 3 rings (SSSR count). The number of benzene rings is 2. The molecule has 3 heteroatoms. The fourth-order valence-corrected chi connectivity index (χ4v) is 2.89. The number of hydrogen-bond donors (Lipinski definition) is 1. The van der Waals surface area contributed by atoms with Crippen LogP contribution >= 0.6 is 0 Å². The normalized spacial score (nSPS) is 20.0. The smallest absolute Gasteiger partial charge is 0.275 e. The van der Waals surface area contributed by atoms with Gasteiger partial charge < -0.3 is 5.32 Å². The van der Waals surface area contributed by atoms with Crippen LogP contribution in [0.4, 0.5) is 8.78 Å². The largest absolute Gasteiger partial charge is 0.314 e. The Labute approximate surface area is 111 Å². The molecule has 2 aromatic rings. The van der Waals surface area contributed by atoms with Crippen molar-refractivity contribution < 1.29 is 8.78 Å². The van der Waals surface area contributed by atoms with Crippen molar-refractivity contribution in [3.63, 3.8) is 0 Å². The Bertz CT molecular complexity index is 568. The van der Waals surface area contributed by atoms with Gasteiger partial charge in [0, 0.05) is 18.0 Å². The maximum absolute atomic E-state index is 14.5. The van der Waals surface area contributed by atoms with Gasteiger partial charge in [-0.05, 0) is 30.2 Å². The molecule has 100 valence electrons. The molecule has 19 heavy (non-hydrogen) atoms. The van der Waals surface area contributed by atoms with Crippen LogP contribution < -0.4 is 5.32 Å². The zero-order valence-corrected chi connectivity index (χ0v) is 10.7. The van der Waals surface area contributed by atoms with Gasteiger partial charge in [-0.3, -0.25) is 0 Å². The van der Waals surface area contributed by atoms with Crippen molar-refractivity contribution in [2.24, 2.45) is 0 Å². The minimum atomic E-state index is -2.77. The molecule has 1 aliphatic rings. The Morgan fingerprint density at radius 3 is 2.68 bits per heavy atom. The van der Waals surface area contributed by atoms with E-state index in [1.165, 1.54) is 0 Å². The average molecular weight is 261 g/mol. The summed E-state index contributed by atoms with van der Waals surface area (Å²) in [6.07, 6.45) is 1.73. The van der Waals surface area contributed by atoms with Gasteiger partial charge in [0.05, 0.1) is 0 Å². The molecular formula is C16H17F2N. The van der Waals surface area contributed by atoms with E-state index in [0.717, 1.165) is 24.8 Å². The first-order valence-corrected chi connectivity index (χ1v) is 6.76. The molecule has 1 atom stereocenters. The lowest BCUT2D eigenvalue weighted by atomic mass is 9.95. The first-order chi connectivity index (χ1) is 9.17. The van der Waals surface area contributed by atoms with Crippen LogP contribution in [0.5, 0.6) is 0 Å². The third-order valence-electron chi connectivity index (χ3n) is 3.85. The second-order valence-electron chi connectivity index (χ2n) is 5.23. The summed E-state index contributed by atoms with van der Waals surface area (Å²) in [7, 11) is 0. The van der Waals surface area contributed by atoms with E-state index in [-0.39, 0.29) is 18.0 Å². The standard InChI is InChI=1S/C16H17F2N/c17-16(18,11-13-7-4-10-19-13)15-9-3-6-12-5-1-2-8-14(12)15/h1-3,5-6,8-9,13,19H,4,7,10-11H2. The molecule has 2 aromatic carbocycles. The summed E-state index contributed by atoms with van der Waals surface area (Å²) < 4.78 is 29.0. The van der Waals surface area contributed by atoms with E-state index in [1.54, 1.807) is 18.2 Å². The summed E-state index contributed by atoms with van der Waals surface area (Å²) in [5.41, 5.74) is 0.152. The number of rotatable bonds is 3. The fraction of sp³-hybridized carbons (Fsp3) is 0.375. The van der Waals surface area contributed by atoms with E-state index < -0.39 is 5.92 Å². The van der Waals surface area contributed by atoms with E-state index in [2.05, 4.69) is 5.32 Å². The Morgan fingerprint density at radius 2 is 1.89 bits per heavy atom. The lowest BCUT2D eigenvalue weighted by Crippen LogP contribution is -2.29. The summed E-state index contributed by atoms with van der Waals surface area (Å²) in [5.74, 6) is -2.77. The number of hydrogen-bond acceptors (Lipinski definition) is 1. The van der Waals surface area contributed by atoms with E-state index >= 15 is 0 Å². The molecule has 1 nitrogen and oxygen atoms in total. The van der Waals surface area contributed by atoms with Crippen LogP contribution in [0.3, 0.4) is 0 Å². The average Bonchev–Trinajstić information content (AvgIpc) is 2.90. The number of nitrogens with one attached hydrogen (secondary N) is 1. The minimum absolute atomic E-state index is 0.0611.